The Morgan fingerprint density at radius 3 is 1.25 bits per heavy atom. The zero-order chi connectivity index (χ0) is 68.3. The zero-order valence-corrected chi connectivity index (χ0v) is 59.2. The van der Waals surface area contributed by atoms with E-state index in [1.165, 1.54) is 111 Å². The molecule has 5 heteroatoms. The third-order valence-electron chi connectivity index (χ3n) is 20.7. The van der Waals surface area contributed by atoms with Gasteiger partial charge in [0.25, 0.3) is 6.71 Å². The normalized spacial score (nSPS) is 13.0. The molecule has 13 aromatic carbocycles. The van der Waals surface area contributed by atoms with Crippen molar-refractivity contribution in [3.63, 3.8) is 0 Å². The van der Waals surface area contributed by atoms with Crippen molar-refractivity contribution in [2.45, 2.75) is 105 Å². The van der Waals surface area contributed by atoms with Gasteiger partial charge in [0.15, 0.2) is 0 Å². The number of aromatic nitrogens is 1. The van der Waals surface area contributed by atoms with Crippen LogP contribution in [0.5, 0.6) is 0 Å². The topological polar surface area (TPSA) is 14.7 Å². The number of fused-ring (bicyclic) bond motifs is 7. The molecule has 2 aliphatic heterocycles. The Hall–Kier alpha value is -10.9. The average Bonchev–Trinajstić information content (AvgIpc) is 1.67. The van der Waals surface area contributed by atoms with E-state index in [1.807, 2.05) is 0 Å². The number of hydrogen-bond acceptors (Lipinski definition) is 3. The molecule has 0 bridgehead atoms. The first-order valence-corrected chi connectivity index (χ1v) is 35.3. The molecule has 14 aromatic rings. The highest BCUT2D eigenvalue weighted by Crippen LogP contribution is 2.52. The molecule has 0 N–H and O–H groups in total. The first-order chi connectivity index (χ1) is 47.6. The van der Waals surface area contributed by atoms with Crippen molar-refractivity contribution < 1.29 is 0 Å². The van der Waals surface area contributed by atoms with Gasteiger partial charge < -0.3 is 19.3 Å². The molecular formula is C94H85BN4. The van der Waals surface area contributed by atoms with E-state index in [9.17, 15) is 0 Å². The van der Waals surface area contributed by atoms with Crippen LogP contribution in [0, 0.1) is 0 Å². The van der Waals surface area contributed by atoms with E-state index in [0.717, 1.165) is 50.9 Å². The molecule has 484 valence electrons. The van der Waals surface area contributed by atoms with Crippen molar-refractivity contribution in [2.24, 2.45) is 0 Å². The lowest BCUT2D eigenvalue weighted by atomic mass is 9.33. The SMILES string of the molecule is CC(C)(C)c1cc(-c2ccc3c(c2)N(c2cc(-c4ccccc4)cc(-c4ccccc4)c2)c2cc(C(C)(C)C)cc4c2B3c2ccc(N(c3ccccc3)c3ccc(-n5c6ccccc6c6ccccc65)cc3)cc2N4c2ccc(C(C)(C)C)cc2-c2ccccc2)cc(C(C)(C)C)c1. The Bertz CT molecular complexity index is 5270. The molecule has 0 unspecified atom stereocenters. The summed E-state index contributed by atoms with van der Waals surface area (Å²) in [5, 5.41) is 2.49. The summed E-state index contributed by atoms with van der Waals surface area (Å²) in [4.78, 5) is 7.76. The fraction of sp³-hybridized carbons (Fsp3) is 0.170. The van der Waals surface area contributed by atoms with Gasteiger partial charge in [-0.3, -0.25) is 0 Å². The van der Waals surface area contributed by atoms with E-state index in [0.29, 0.717) is 0 Å². The third kappa shape index (κ3) is 11.3. The average molecular weight is 1280 g/mol. The summed E-state index contributed by atoms with van der Waals surface area (Å²) in [5.41, 5.74) is 31.5. The fourth-order valence-electron chi connectivity index (χ4n) is 15.3. The maximum atomic E-state index is 2.66. The second-order valence-corrected chi connectivity index (χ2v) is 31.5. The highest BCUT2D eigenvalue weighted by Gasteiger charge is 2.45. The lowest BCUT2D eigenvalue weighted by Crippen LogP contribution is -2.61. The van der Waals surface area contributed by atoms with Gasteiger partial charge in [0.05, 0.1) is 16.7 Å². The van der Waals surface area contributed by atoms with Gasteiger partial charge in [-0.25, -0.2) is 0 Å². The molecule has 0 saturated carbocycles. The molecule has 0 saturated heterocycles. The van der Waals surface area contributed by atoms with Crippen LogP contribution in [0.3, 0.4) is 0 Å². The molecule has 99 heavy (non-hydrogen) atoms. The quantitative estimate of drug-likeness (QED) is 0.127. The van der Waals surface area contributed by atoms with Crippen LogP contribution >= 0.6 is 0 Å². The van der Waals surface area contributed by atoms with E-state index in [4.69, 9.17) is 0 Å². The van der Waals surface area contributed by atoms with Crippen LogP contribution < -0.4 is 31.1 Å². The van der Waals surface area contributed by atoms with Gasteiger partial charge in [-0.2, -0.15) is 0 Å². The Morgan fingerprint density at radius 1 is 0.263 bits per heavy atom. The van der Waals surface area contributed by atoms with Gasteiger partial charge in [-0.15, -0.1) is 0 Å². The van der Waals surface area contributed by atoms with Gasteiger partial charge in [-0.05, 0) is 208 Å². The van der Waals surface area contributed by atoms with Crippen molar-refractivity contribution in [1.29, 1.82) is 0 Å². The van der Waals surface area contributed by atoms with E-state index in [-0.39, 0.29) is 28.4 Å². The molecule has 1 aromatic heterocycles. The van der Waals surface area contributed by atoms with Crippen LogP contribution in [-0.4, -0.2) is 11.3 Å². The largest absolute Gasteiger partial charge is 0.311 e. The van der Waals surface area contributed by atoms with Gasteiger partial charge >= 0.3 is 0 Å². The van der Waals surface area contributed by atoms with Crippen LogP contribution in [0.1, 0.15) is 105 Å². The molecule has 3 heterocycles. The van der Waals surface area contributed by atoms with Crippen molar-refractivity contribution >= 4 is 96.1 Å². The highest BCUT2D eigenvalue weighted by molar-refractivity contribution is 7.00. The van der Waals surface area contributed by atoms with E-state index < -0.39 is 0 Å². The number of benzene rings is 13. The van der Waals surface area contributed by atoms with Crippen molar-refractivity contribution in [2.75, 3.05) is 14.7 Å². The summed E-state index contributed by atoms with van der Waals surface area (Å²) in [6.07, 6.45) is 0. The van der Waals surface area contributed by atoms with Gasteiger partial charge in [-0.1, -0.05) is 271 Å². The lowest BCUT2D eigenvalue weighted by molar-refractivity contribution is 0.569. The zero-order valence-electron chi connectivity index (χ0n) is 59.2. The van der Waals surface area contributed by atoms with Crippen LogP contribution in [-0.2, 0) is 21.7 Å². The van der Waals surface area contributed by atoms with Gasteiger partial charge in [0, 0.05) is 67.5 Å². The number of hydrogen-bond donors (Lipinski definition) is 0. The molecule has 0 spiro atoms. The van der Waals surface area contributed by atoms with E-state index in [1.54, 1.807) is 0 Å². The molecular weight excluding hydrogens is 1200 g/mol. The second kappa shape index (κ2) is 24.0. The number of nitrogens with zero attached hydrogens (tertiary/aromatic N) is 4. The first-order valence-electron chi connectivity index (χ1n) is 35.3. The first kappa shape index (κ1) is 62.9. The minimum absolute atomic E-state index is 0.0718. The fourth-order valence-corrected chi connectivity index (χ4v) is 15.3. The van der Waals surface area contributed by atoms with Gasteiger partial charge in [0.1, 0.15) is 0 Å². The number of anilines is 9. The molecule has 0 atom stereocenters. The number of rotatable bonds is 10. The Kier molecular flexibility index (Phi) is 15.2. The standard InChI is InChI=1S/C94H85BN4/c1-91(2,3)69-42-50-85(80(58-69)64-33-21-15-22-34-64)99-87-61-76(96(73-35-23-16-24-36-73)74-43-45-75(46-44-74)97-83-39-27-25-37-78(83)79-38-26-28-40-84(79)97)47-49-82(87)95-81-48-41-65(68-52-70(92(4,5)6)57-71(53-68)93(7,8)9)56-86(81)98(88-59-72(94(10,11)12)60-89(99)90(88)95)77-54-66(62-29-17-13-18-30-62)51-67(55-77)63-31-19-14-20-32-63/h13-61H,1-12H3. The Balaban J connectivity index is 0.995. The molecule has 0 aliphatic carbocycles. The maximum absolute atomic E-state index is 2.66. The molecule has 16 rings (SSSR count). The summed E-state index contributed by atoms with van der Waals surface area (Å²) in [5.74, 6) is 0. The van der Waals surface area contributed by atoms with Gasteiger partial charge in [0.2, 0.25) is 0 Å². The lowest BCUT2D eigenvalue weighted by Gasteiger charge is -2.46. The van der Waals surface area contributed by atoms with E-state index >= 15 is 0 Å². The summed E-state index contributed by atoms with van der Waals surface area (Å²) in [7, 11) is 0. The number of para-hydroxylation sites is 3. The molecule has 2 aliphatic rings. The summed E-state index contributed by atoms with van der Waals surface area (Å²) in [6, 6.07) is 112. The monoisotopic (exact) mass is 1280 g/mol. The smallest absolute Gasteiger partial charge is 0.252 e. The minimum Gasteiger partial charge on any atom is -0.311 e. The predicted octanol–water partition coefficient (Wildman–Crippen LogP) is 24.2. The highest BCUT2D eigenvalue weighted by atomic mass is 15.2. The molecule has 0 amide bonds. The summed E-state index contributed by atoms with van der Waals surface area (Å²) in [6.45, 7) is 28.0. The predicted molar refractivity (Wildman–Crippen MR) is 426 cm³/mol. The van der Waals surface area contributed by atoms with Crippen LogP contribution in [0.4, 0.5) is 51.2 Å². The van der Waals surface area contributed by atoms with Crippen molar-refractivity contribution in [1.82, 2.24) is 4.57 Å². The van der Waals surface area contributed by atoms with Crippen molar-refractivity contribution in [3.8, 4) is 50.2 Å². The van der Waals surface area contributed by atoms with Crippen LogP contribution in [0.25, 0.3) is 72.0 Å². The van der Waals surface area contributed by atoms with Crippen molar-refractivity contribution in [3.05, 3.63) is 320 Å². The molecule has 0 fully saturated rings. The third-order valence-corrected chi connectivity index (χ3v) is 20.7. The van der Waals surface area contributed by atoms with E-state index in [2.05, 4.69) is 400 Å². The minimum atomic E-state index is -0.270. The Labute approximate surface area is 586 Å². The molecule has 0 radical (unpaired) electrons. The maximum Gasteiger partial charge on any atom is 0.252 e. The Morgan fingerprint density at radius 2 is 0.707 bits per heavy atom. The van der Waals surface area contributed by atoms with Crippen LogP contribution in [0.2, 0.25) is 0 Å². The summed E-state index contributed by atoms with van der Waals surface area (Å²) < 4.78 is 2.41. The second-order valence-electron chi connectivity index (χ2n) is 31.5. The summed E-state index contributed by atoms with van der Waals surface area (Å²) >= 11 is 0. The molecule has 4 nitrogen and oxygen atoms in total. The van der Waals surface area contributed by atoms with Crippen LogP contribution in [0.15, 0.2) is 297 Å².